The van der Waals surface area contributed by atoms with Gasteiger partial charge in [-0.25, -0.2) is 14.9 Å². The number of fused-ring (bicyclic) bond motifs is 1. The summed E-state index contributed by atoms with van der Waals surface area (Å²) in [4.78, 5) is 29.1. The molecule has 0 radical (unpaired) electrons. The first-order valence-electron chi connectivity index (χ1n) is 11.5. The highest BCUT2D eigenvalue weighted by Gasteiger charge is 2.19. The van der Waals surface area contributed by atoms with E-state index in [2.05, 4.69) is 17.1 Å². The molecule has 9 nitrogen and oxygen atoms in total. The second kappa shape index (κ2) is 11.0. The Morgan fingerprint density at radius 1 is 1.11 bits per heavy atom. The number of hydrogen-bond acceptors (Lipinski definition) is 6. The summed E-state index contributed by atoms with van der Waals surface area (Å²) in [5.74, 6) is 0.0949. The number of carboxylic acid groups (broad SMARTS) is 1. The molecular formula is C26H28N4O5. The number of unbranched alkanes of at least 4 members (excludes halogenated alkanes) is 1. The molecule has 0 bridgehead atoms. The number of carbonyl (C=O) groups is 1. The molecule has 0 saturated carbocycles. The summed E-state index contributed by atoms with van der Waals surface area (Å²) in [6, 6.07) is 14.6. The van der Waals surface area contributed by atoms with E-state index in [-0.39, 0.29) is 17.0 Å². The van der Waals surface area contributed by atoms with Crippen molar-refractivity contribution >= 4 is 17.0 Å². The number of H-pyrrole nitrogens is 1. The molecule has 2 heterocycles. The number of hydrogen-bond donors (Lipinski definition) is 2. The fraction of sp³-hybridized carbons (Fsp3) is 0.308. The number of aromatic carboxylic acids is 1. The van der Waals surface area contributed by atoms with Gasteiger partial charge in [-0.1, -0.05) is 55.8 Å². The molecule has 2 N–H and O–H groups in total. The molecule has 0 aliphatic rings. The number of carboxylic acids is 1. The maximum atomic E-state index is 12.8. The minimum atomic E-state index is -0.966. The van der Waals surface area contributed by atoms with E-state index in [0.717, 1.165) is 29.8 Å². The quantitative estimate of drug-likeness (QED) is 0.315. The molecule has 4 aromatic rings. The predicted octanol–water partition coefficient (Wildman–Crippen LogP) is 3.90. The Morgan fingerprint density at radius 3 is 2.60 bits per heavy atom. The van der Waals surface area contributed by atoms with E-state index in [1.165, 1.54) is 0 Å². The largest absolute Gasteiger partial charge is 0.478 e. The third-order valence-corrected chi connectivity index (χ3v) is 5.77. The van der Waals surface area contributed by atoms with Gasteiger partial charge in [-0.15, -0.1) is 5.10 Å². The average Bonchev–Trinajstić information content (AvgIpc) is 3.23. The third kappa shape index (κ3) is 5.25. The number of aromatic amines is 1. The van der Waals surface area contributed by atoms with Gasteiger partial charge in [0.15, 0.2) is 5.52 Å². The molecule has 0 fully saturated rings. The molecule has 9 heteroatoms. The van der Waals surface area contributed by atoms with E-state index in [9.17, 15) is 14.7 Å². The van der Waals surface area contributed by atoms with E-state index in [1.807, 2.05) is 34.9 Å². The van der Waals surface area contributed by atoms with E-state index in [4.69, 9.17) is 14.5 Å². The Balaban J connectivity index is 1.71. The van der Waals surface area contributed by atoms with Crippen molar-refractivity contribution in [3.63, 3.8) is 0 Å². The Morgan fingerprint density at radius 2 is 1.89 bits per heavy atom. The molecular weight excluding hydrogens is 448 g/mol. The van der Waals surface area contributed by atoms with Crippen LogP contribution in [0.4, 0.5) is 0 Å². The molecule has 2 aromatic carbocycles. The van der Waals surface area contributed by atoms with Gasteiger partial charge < -0.3 is 19.1 Å². The Bertz CT molecular complexity index is 1380. The Kier molecular flexibility index (Phi) is 7.57. The van der Waals surface area contributed by atoms with Crippen LogP contribution in [0.1, 0.15) is 41.5 Å². The number of aryl methyl sites for hydroxylation is 1. The predicted molar refractivity (Wildman–Crippen MR) is 132 cm³/mol. The van der Waals surface area contributed by atoms with Crippen molar-refractivity contribution in [2.45, 2.75) is 32.7 Å². The van der Waals surface area contributed by atoms with Gasteiger partial charge in [0.1, 0.15) is 17.9 Å². The first-order valence-corrected chi connectivity index (χ1v) is 11.5. The van der Waals surface area contributed by atoms with Crippen LogP contribution < -0.4 is 10.3 Å². The number of aromatic nitrogens is 4. The standard InChI is InChI=1S/C26H28N4O5/c1-3-4-9-21-27-22-23(24(31)28-29-25(22)35-15-14-34-2)30(21)16-17-10-12-18(13-11-17)19-7-5-6-8-20(19)26(32)33/h5-8,10-13H,3-4,9,14-16H2,1-2H3,(H,28,31)(H,32,33). The van der Waals surface area contributed by atoms with Crippen molar-refractivity contribution in [3.05, 3.63) is 75.8 Å². The van der Waals surface area contributed by atoms with Gasteiger partial charge in [-0.05, 0) is 29.2 Å². The molecule has 0 atom stereocenters. The highest BCUT2D eigenvalue weighted by atomic mass is 16.5. The van der Waals surface area contributed by atoms with Gasteiger partial charge in [0, 0.05) is 20.1 Å². The minimum absolute atomic E-state index is 0.253. The van der Waals surface area contributed by atoms with E-state index in [0.29, 0.717) is 42.8 Å². The smallest absolute Gasteiger partial charge is 0.336 e. The number of imidazole rings is 1. The molecule has 0 aliphatic carbocycles. The number of benzene rings is 2. The van der Waals surface area contributed by atoms with Crippen molar-refractivity contribution in [1.29, 1.82) is 0 Å². The lowest BCUT2D eigenvalue weighted by Crippen LogP contribution is -2.16. The Labute approximate surface area is 202 Å². The monoisotopic (exact) mass is 476 g/mol. The second-order valence-corrected chi connectivity index (χ2v) is 8.16. The molecule has 0 amide bonds. The lowest BCUT2D eigenvalue weighted by Gasteiger charge is -2.11. The second-order valence-electron chi connectivity index (χ2n) is 8.16. The number of methoxy groups -OCH3 is 1. The maximum absolute atomic E-state index is 12.8. The average molecular weight is 477 g/mol. The summed E-state index contributed by atoms with van der Waals surface area (Å²) in [7, 11) is 1.59. The van der Waals surface area contributed by atoms with Gasteiger partial charge in [0.05, 0.1) is 12.2 Å². The molecule has 0 spiro atoms. The third-order valence-electron chi connectivity index (χ3n) is 5.77. The lowest BCUT2D eigenvalue weighted by molar-refractivity contribution is 0.0697. The molecule has 0 aliphatic heterocycles. The van der Waals surface area contributed by atoms with Crippen LogP contribution in [-0.4, -0.2) is 51.1 Å². The number of ether oxygens (including phenoxy) is 2. The topological polar surface area (TPSA) is 119 Å². The van der Waals surface area contributed by atoms with Crippen LogP contribution in [0.3, 0.4) is 0 Å². The number of nitrogens with zero attached hydrogens (tertiary/aromatic N) is 3. The molecule has 182 valence electrons. The van der Waals surface area contributed by atoms with Crippen LogP contribution in [0.25, 0.3) is 22.2 Å². The van der Waals surface area contributed by atoms with E-state index < -0.39 is 5.97 Å². The van der Waals surface area contributed by atoms with E-state index >= 15 is 0 Å². The van der Waals surface area contributed by atoms with Gasteiger partial charge in [0.25, 0.3) is 11.4 Å². The van der Waals surface area contributed by atoms with Crippen LogP contribution in [0.15, 0.2) is 53.3 Å². The number of nitrogens with one attached hydrogen (secondary N) is 1. The normalized spacial score (nSPS) is 11.1. The molecule has 2 aromatic heterocycles. The summed E-state index contributed by atoms with van der Waals surface area (Å²) < 4.78 is 12.7. The van der Waals surface area contributed by atoms with Crippen LogP contribution in [-0.2, 0) is 17.7 Å². The van der Waals surface area contributed by atoms with Crippen molar-refractivity contribution in [2.75, 3.05) is 20.3 Å². The van der Waals surface area contributed by atoms with Gasteiger partial charge in [-0.2, -0.15) is 0 Å². The Hall–Kier alpha value is -3.98. The number of rotatable bonds is 11. The fourth-order valence-corrected chi connectivity index (χ4v) is 4.00. The summed E-state index contributed by atoms with van der Waals surface area (Å²) in [5, 5.41) is 16.1. The summed E-state index contributed by atoms with van der Waals surface area (Å²) in [6.07, 6.45) is 2.64. The van der Waals surface area contributed by atoms with Crippen LogP contribution >= 0.6 is 0 Å². The highest BCUT2D eigenvalue weighted by molar-refractivity contribution is 5.96. The van der Waals surface area contributed by atoms with Crippen LogP contribution in [0.2, 0.25) is 0 Å². The van der Waals surface area contributed by atoms with Gasteiger partial charge in [-0.3, -0.25) is 4.79 Å². The highest BCUT2D eigenvalue weighted by Crippen LogP contribution is 2.26. The first-order chi connectivity index (χ1) is 17.0. The molecule has 0 unspecified atom stereocenters. The summed E-state index contributed by atoms with van der Waals surface area (Å²) in [6.45, 7) is 3.22. The van der Waals surface area contributed by atoms with Crippen molar-refractivity contribution in [3.8, 4) is 17.0 Å². The summed E-state index contributed by atoms with van der Waals surface area (Å²) >= 11 is 0. The molecule has 0 saturated heterocycles. The van der Waals surface area contributed by atoms with Crippen molar-refractivity contribution in [1.82, 2.24) is 19.7 Å². The van der Waals surface area contributed by atoms with Crippen LogP contribution in [0.5, 0.6) is 5.88 Å². The minimum Gasteiger partial charge on any atom is -0.478 e. The zero-order valence-corrected chi connectivity index (χ0v) is 19.8. The van der Waals surface area contributed by atoms with Gasteiger partial charge >= 0.3 is 5.97 Å². The summed E-state index contributed by atoms with van der Waals surface area (Å²) in [5.41, 5.74) is 3.19. The van der Waals surface area contributed by atoms with Gasteiger partial charge in [0.2, 0.25) is 0 Å². The van der Waals surface area contributed by atoms with Crippen molar-refractivity contribution < 1.29 is 19.4 Å². The van der Waals surface area contributed by atoms with Crippen molar-refractivity contribution in [2.24, 2.45) is 0 Å². The zero-order valence-electron chi connectivity index (χ0n) is 19.8. The lowest BCUT2D eigenvalue weighted by atomic mass is 9.99. The fourth-order valence-electron chi connectivity index (χ4n) is 4.00. The van der Waals surface area contributed by atoms with Crippen LogP contribution in [0, 0.1) is 0 Å². The maximum Gasteiger partial charge on any atom is 0.336 e. The zero-order chi connectivity index (χ0) is 24.8. The molecule has 4 rings (SSSR count). The van der Waals surface area contributed by atoms with E-state index in [1.54, 1.807) is 25.3 Å². The first kappa shape index (κ1) is 24.2. The molecule has 35 heavy (non-hydrogen) atoms. The SMILES string of the molecule is CCCCc1nc2c(OCCOC)n[nH]c(=O)c2n1Cc1ccc(-c2ccccc2C(=O)O)cc1.